The van der Waals surface area contributed by atoms with Gasteiger partial charge in [0.25, 0.3) is 7.52 Å². The molecule has 0 aromatic heterocycles. The number of hydrogen-bond acceptors (Lipinski definition) is 4. The fourth-order valence-electron chi connectivity index (χ4n) is 2.27. The van der Waals surface area contributed by atoms with Crippen molar-refractivity contribution in [3.8, 4) is 0 Å². The molecule has 1 N–H and O–H groups in total. The first-order valence-corrected chi connectivity index (χ1v) is 9.59. The summed E-state index contributed by atoms with van der Waals surface area (Å²) in [6.07, 6.45) is 0.922. The Morgan fingerprint density at radius 3 is 2.65 bits per heavy atom. The number of hydrogen-bond donors (Lipinski definition) is 1. The van der Waals surface area contributed by atoms with Gasteiger partial charge in [-0.3, -0.25) is 9.46 Å². The summed E-state index contributed by atoms with van der Waals surface area (Å²) in [4.78, 5) is 2.40. The molecule has 1 saturated heterocycles. The zero-order valence-corrected chi connectivity index (χ0v) is 14.7. The topological polar surface area (TPSA) is 50.8 Å². The van der Waals surface area contributed by atoms with Crippen molar-refractivity contribution in [1.82, 2.24) is 9.99 Å². The van der Waals surface area contributed by atoms with Crippen LogP contribution in [0.1, 0.15) is 34.1 Å². The Balaban J connectivity index is 2.49. The summed E-state index contributed by atoms with van der Waals surface area (Å²) in [7, 11) is -0.629. The highest BCUT2D eigenvalue weighted by atomic mass is 31.2. The average molecular weight is 304 g/mol. The smallest absolute Gasteiger partial charge is 0.266 e. The van der Waals surface area contributed by atoms with Crippen molar-refractivity contribution in [1.29, 1.82) is 0 Å². The second kappa shape index (κ2) is 7.41. The molecule has 0 aromatic rings. The minimum Gasteiger partial charge on any atom is -0.379 e. The fourth-order valence-corrected chi connectivity index (χ4v) is 3.44. The first kappa shape index (κ1) is 18.2. The minimum absolute atomic E-state index is 0.0188. The standard InChI is InChI=1S/C13H30BN2O3P/c1-6-7-15-20(5,17)18-10-11-8-16(13(2,3)4)9-12(14)19-11/h11-12H,6-10,14H2,1-5H3,(H,15,17). The van der Waals surface area contributed by atoms with E-state index in [1.807, 2.05) is 6.92 Å². The van der Waals surface area contributed by atoms with Crippen LogP contribution in [0.4, 0.5) is 0 Å². The summed E-state index contributed by atoms with van der Waals surface area (Å²) in [6, 6.07) is 0.177. The summed E-state index contributed by atoms with van der Waals surface area (Å²) < 4.78 is 23.6. The third-order valence-electron chi connectivity index (χ3n) is 3.43. The Kier molecular flexibility index (Phi) is 6.74. The summed E-state index contributed by atoms with van der Waals surface area (Å²) in [5.41, 5.74) is 0.118. The van der Waals surface area contributed by atoms with Gasteiger partial charge in [0.2, 0.25) is 0 Å². The Hall–Kier alpha value is 0.135. The van der Waals surface area contributed by atoms with Crippen LogP contribution in [0.3, 0.4) is 0 Å². The van der Waals surface area contributed by atoms with E-state index in [4.69, 9.17) is 9.26 Å². The molecule has 118 valence electrons. The largest absolute Gasteiger partial charge is 0.379 e. The Bertz CT molecular complexity index is 349. The average Bonchev–Trinajstić information content (AvgIpc) is 2.32. The van der Waals surface area contributed by atoms with E-state index in [0.717, 1.165) is 19.5 Å². The molecule has 0 saturated carbocycles. The van der Waals surface area contributed by atoms with E-state index >= 15 is 0 Å². The molecule has 3 unspecified atom stereocenters. The van der Waals surface area contributed by atoms with Crippen LogP contribution >= 0.6 is 7.52 Å². The normalized spacial score (nSPS) is 28.2. The van der Waals surface area contributed by atoms with Crippen LogP contribution < -0.4 is 5.09 Å². The Morgan fingerprint density at radius 2 is 2.10 bits per heavy atom. The van der Waals surface area contributed by atoms with Crippen molar-refractivity contribution < 1.29 is 13.8 Å². The lowest BCUT2D eigenvalue weighted by Crippen LogP contribution is -2.55. The van der Waals surface area contributed by atoms with Gasteiger partial charge in [0.05, 0.1) is 12.7 Å². The van der Waals surface area contributed by atoms with Crippen LogP contribution in [-0.2, 0) is 13.8 Å². The molecule has 0 amide bonds. The monoisotopic (exact) mass is 304 g/mol. The van der Waals surface area contributed by atoms with Crippen LogP contribution in [0.5, 0.6) is 0 Å². The minimum atomic E-state index is -2.70. The van der Waals surface area contributed by atoms with Gasteiger partial charge in [0.1, 0.15) is 7.85 Å². The molecule has 1 fully saturated rings. The molecule has 7 heteroatoms. The zero-order valence-electron chi connectivity index (χ0n) is 13.8. The van der Waals surface area contributed by atoms with Gasteiger partial charge in [-0.2, -0.15) is 0 Å². The number of ether oxygens (including phenoxy) is 1. The molecular formula is C13H30BN2O3P. The Morgan fingerprint density at radius 1 is 1.45 bits per heavy atom. The summed E-state index contributed by atoms with van der Waals surface area (Å²) in [5, 5.41) is 2.97. The Labute approximate surface area is 124 Å². The van der Waals surface area contributed by atoms with E-state index in [1.54, 1.807) is 6.66 Å². The van der Waals surface area contributed by atoms with Gasteiger partial charge in [0.15, 0.2) is 0 Å². The van der Waals surface area contributed by atoms with Gasteiger partial charge in [-0.1, -0.05) is 6.92 Å². The SMILES string of the molecule is BC1CN(C(C)(C)C)CC(COP(C)(=O)NCCC)O1. The van der Waals surface area contributed by atoms with Gasteiger partial charge in [-0.15, -0.1) is 0 Å². The first-order valence-electron chi connectivity index (χ1n) is 7.51. The van der Waals surface area contributed by atoms with Crippen LogP contribution in [0.15, 0.2) is 0 Å². The molecular weight excluding hydrogens is 274 g/mol. The molecule has 0 radical (unpaired) electrons. The van der Waals surface area contributed by atoms with E-state index < -0.39 is 7.52 Å². The van der Waals surface area contributed by atoms with Crippen LogP contribution in [0, 0.1) is 0 Å². The molecule has 20 heavy (non-hydrogen) atoms. The van der Waals surface area contributed by atoms with E-state index in [1.165, 1.54) is 0 Å². The van der Waals surface area contributed by atoms with Gasteiger partial charge >= 0.3 is 0 Å². The van der Waals surface area contributed by atoms with E-state index in [-0.39, 0.29) is 17.6 Å². The van der Waals surface area contributed by atoms with E-state index in [0.29, 0.717) is 13.2 Å². The number of morpholine rings is 1. The molecule has 0 aliphatic carbocycles. The van der Waals surface area contributed by atoms with Crippen molar-refractivity contribution in [3.05, 3.63) is 0 Å². The summed E-state index contributed by atoms with van der Waals surface area (Å²) in [6.45, 7) is 13.1. The lowest BCUT2D eigenvalue weighted by Gasteiger charge is -2.44. The maximum atomic E-state index is 12.2. The lowest BCUT2D eigenvalue weighted by atomic mass is 9.94. The first-order chi connectivity index (χ1) is 9.14. The molecule has 5 nitrogen and oxygen atoms in total. The summed E-state index contributed by atoms with van der Waals surface area (Å²) in [5.74, 6) is 0. The number of nitrogens with one attached hydrogen (secondary N) is 1. The lowest BCUT2D eigenvalue weighted by molar-refractivity contribution is -0.0897. The predicted molar refractivity (Wildman–Crippen MR) is 86.3 cm³/mol. The molecule has 0 bridgehead atoms. The highest BCUT2D eigenvalue weighted by Crippen LogP contribution is 2.37. The molecule has 1 aliphatic heterocycles. The molecule has 1 aliphatic rings. The maximum absolute atomic E-state index is 12.2. The number of nitrogens with zero attached hydrogens (tertiary/aromatic N) is 1. The highest BCUT2D eigenvalue weighted by molar-refractivity contribution is 7.56. The second-order valence-electron chi connectivity index (χ2n) is 6.69. The van der Waals surface area contributed by atoms with Crippen LogP contribution in [-0.4, -0.2) is 63.3 Å². The summed E-state index contributed by atoms with van der Waals surface area (Å²) >= 11 is 0. The maximum Gasteiger partial charge on any atom is 0.266 e. The van der Waals surface area contributed by atoms with Crippen molar-refractivity contribution in [3.63, 3.8) is 0 Å². The van der Waals surface area contributed by atoms with E-state index in [9.17, 15) is 4.57 Å². The van der Waals surface area contributed by atoms with Crippen LogP contribution in [0.2, 0.25) is 0 Å². The van der Waals surface area contributed by atoms with Crippen molar-refractivity contribution in [2.75, 3.05) is 32.9 Å². The van der Waals surface area contributed by atoms with Gasteiger partial charge in [-0.25, -0.2) is 5.09 Å². The predicted octanol–water partition coefficient (Wildman–Crippen LogP) is 1.28. The molecule has 3 atom stereocenters. The highest BCUT2D eigenvalue weighted by Gasteiger charge is 2.32. The van der Waals surface area contributed by atoms with Crippen molar-refractivity contribution in [2.24, 2.45) is 0 Å². The third kappa shape index (κ3) is 6.27. The molecule has 1 rings (SSSR count). The molecule has 1 heterocycles. The van der Waals surface area contributed by atoms with Gasteiger partial charge < -0.3 is 9.26 Å². The van der Waals surface area contributed by atoms with Crippen LogP contribution in [0.25, 0.3) is 0 Å². The van der Waals surface area contributed by atoms with Gasteiger partial charge in [0, 0.05) is 37.8 Å². The molecule has 0 aromatic carbocycles. The quantitative estimate of drug-likeness (QED) is 0.592. The second-order valence-corrected chi connectivity index (χ2v) is 8.96. The van der Waals surface area contributed by atoms with E-state index in [2.05, 4.69) is 38.6 Å². The van der Waals surface area contributed by atoms with Crippen molar-refractivity contribution >= 4 is 15.4 Å². The zero-order chi connectivity index (χ0) is 15.4. The molecule has 0 spiro atoms. The van der Waals surface area contributed by atoms with Gasteiger partial charge in [-0.05, 0) is 27.2 Å². The van der Waals surface area contributed by atoms with Crippen molar-refractivity contribution in [2.45, 2.75) is 51.8 Å². The fraction of sp³-hybridized carbons (Fsp3) is 1.00. The third-order valence-corrected chi connectivity index (χ3v) is 4.87. The number of rotatable bonds is 6.